The molecule has 17 heavy (non-hydrogen) atoms. The van der Waals surface area contributed by atoms with E-state index in [-0.39, 0.29) is 5.75 Å². The van der Waals surface area contributed by atoms with Crippen LogP contribution in [0.25, 0.3) is 0 Å². The molecule has 1 N–H and O–H groups in total. The molecule has 0 aliphatic heterocycles. The summed E-state index contributed by atoms with van der Waals surface area (Å²) in [6, 6.07) is 3.25. The maximum Gasteiger partial charge on any atom is 0.416 e. The fraction of sp³-hybridized carbons (Fsp3) is 0.333. The van der Waals surface area contributed by atoms with Crippen molar-refractivity contribution in [3.05, 3.63) is 29.3 Å². The Kier molecular flexibility index (Phi) is 4.41. The predicted molar refractivity (Wildman–Crippen MR) is 58.8 cm³/mol. The first-order valence-corrected chi connectivity index (χ1v) is 4.87. The Morgan fingerprint density at radius 1 is 1.35 bits per heavy atom. The van der Waals surface area contributed by atoms with Crippen molar-refractivity contribution in [2.24, 2.45) is 0 Å². The van der Waals surface area contributed by atoms with Crippen LogP contribution in [-0.4, -0.2) is 20.7 Å². The molecule has 0 heterocycles. The zero-order chi connectivity index (χ0) is 12.9. The highest BCUT2D eigenvalue weighted by Gasteiger charge is 2.31. The van der Waals surface area contributed by atoms with Gasteiger partial charge in [-0.15, -0.1) is 0 Å². The molecule has 0 amide bonds. The Labute approximate surface area is 97.8 Å². The van der Waals surface area contributed by atoms with Crippen molar-refractivity contribution < 1.29 is 17.9 Å². The lowest BCUT2D eigenvalue weighted by Gasteiger charge is -2.09. The van der Waals surface area contributed by atoms with Crippen LogP contribution in [0.3, 0.4) is 0 Å². The van der Waals surface area contributed by atoms with E-state index in [1.54, 1.807) is 7.05 Å². The topological polar surface area (TPSA) is 21.3 Å². The summed E-state index contributed by atoms with van der Waals surface area (Å²) in [5.74, 6) is 5.63. The monoisotopic (exact) mass is 243 g/mol. The second kappa shape index (κ2) is 5.60. The zero-order valence-electron chi connectivity index (χ0n) is 9.48. The average Bonchev–Trinajstić information content (AvgIpc) is 2.28. The summed E-state index contributed by atoms with van der Waals surface area (Å²) >= 11 is 0. The molecule has 1 rings (SSSR count). The first kappa shape index (κ1) is 13.4. The lowest BCUT2D eigenvalue weighted by molar-refractivity contribution is -0.137. The predicted octanol–water partition coefficient (Wildman–Crippen LogP) is 2.28. The SMILES string of the molecule is CNCC#Cc1ccc(C(F)(F)F)cc1OC. The number of alkyl halides is 3. The number of hydrogen-bond donors (Lipinski definition) is 1. The summed E-state index contributed by atoms with van der Waals surface area (Å²) in [7, 11) is 3.05. The van der Waals surface area contributed by atoms with Gasteiger partial charge in [0.2, 0.25) is 0 Å². The molecule has 0 aliphatic carbocycles. The largest absolute Gasteiger partial charge is 0.495 e. The van der Waals surface area contributed by atoms with E-state index in [4.69, 9.17) is 4.74 Å². The van der Waals surface area contributed by atoms with Gasteiger partial charge in [0.25, 0.3) is 0 Å². The number of rotatable bonds is 2. The van der Waals surface area contributed by atoms with E-state index >= 15 is 0 Å². The highest BCUT2D eigenvalue weighted by molar-refractivity contribution is 5.48. The standard InChI is InChI=1S/C12H12F3NO/c1-16-7-3-4-9-5-6-10(12(13,14)15)8-11(9)17-2/h5-6,8,16H,7H2,1-2H3. The van der Waals surface area contributed by atoms with Crippen LogP contribution in [0.1, 0.15) is 11.1 Å². The van der Waals surface area contributed by atoms with E-state index in [0.29, 0.717) is 12.1 Å². The third-order valence-electron chi connectivity index (χ3n) is 2.02. The number of nitrogens with one attached hydrogen (secondary N) is 1. The summed E-state index contributed by atoms with van der Waals surface area (Å²) < 4.78 is 42.2. The molecule has 0 radical (unpaired) electrons. The highest BCUT2D eigenvalue weighted by atomic mass is 19.4. The van der Waals surface area contributed by atoms with Gasteiger partial charge in [-0.05, 0) is 25.2 Å². The summed E-state index contributed by atoms with van der Waals surface area (Å²) in [5.41, 5.74) is -0.302. The molecule has 0 spiro atoms. The molecular weight excluding hydrogens is 231 g/mol. The van der Waals surface area contributed by atoms with E-state index in [1.807, 2.05) is 0 Å². The fourth-order valence-corrected chi connectivity index (χ4v) is 1.20. The number of hydrogen-bond acceptors (Lipinski definition) is 2. The Bertz CT molecular complexity index is 443. The molecule has 0 aliphatic rings. The second-order valence-electron chi connectivity index (χ2n) is 3.24. The van der Waals surface area contributed by atoms with Crippen LogP contribution in [-0.2, 0) is 6.18 Å². The quantitative estimate of drug-likeness (QED) is 0.805. The molecular formula is C12H12F3NO. The van der Waals surface area contributed by atoms with Crippen molar-refractivity contribution >= 4 is 0 Å². The van der Waals surface area contributed by atoms with Gasteiger partial charge in [0.1, 0.15) is 5.75 Å². The number of methoxy groups -OCH3 is 1. The van der Waals surface area contributed by atoms with Gasteiger partial charge >= 0.3 is 6.18 Å². The minimum Gasteiger partial charge on any atom is -0.495 e. The summed E-state index contributed by atoms with van der Waals surface area (Å²) in [4.78, 5) is 0. The molecule has 0 saturated carbocycles. The Morgan fingerprint density at radius 3 is 2.59 bits per heavy atom. The van der Waals surface area contributed by atoms with Gasteiger partial charge in [-0.3, -0.25) is 0 Å². The van der Waals surface area contributed by atoms with Gasteiger partial charge in [0, 0.05) is 0 Å². The van der Waals surface area contributed by atoms with Crippen LogP contribution < -0.4 is 10.1 Å². The molecule has 0 atom stereocenters. The molecule has 0 bridgehead atoms. The lowest BCUT2D eigenvalue weighted by atomic mass is 10.1. The van der Waals surface area contributed by atoms with Crippen molar-refractivity contribution in [1.29, 1.82) is 0 Å². The maximum absolute atomic E-state index is 12.4. The smallest absolute Gasteiger partial charge is 0.416 e. The van der Waals surface area contributed by atoms with E-state index in [2.05, 4.69) is 17.2 Å². The normalized spacial score (nSPS) is 10.6. The van der Waals surface area contributed by atoms with E-state index in [1.165, 1.54) is 13.2 Å². The third-order valence-corrected chi connectivity index (χ3v) is 2.02. The average molecular weight is 243 g/mol. The van der Waals surface area contributed by atoms with Crippen LogP contribution in [0.5, 0.6) is 5.75 Å². The first-order valence-electron chi connectivity index (χ1n) is 4.87. The molecule has 5 heteroatoms. The second-order valence-corrected chi connectivity index (χ2v) is 3.24. The number of benzene rings is 1. The molecule has 0 aromatic heterocycles. The maximum atomic E-state index is 12.4. The van der Waals surface area contributed by atoms with Crippen molar-refractivity contribution in [2.45, 2.75) is 6.18 Å². The molecule has 0 unspecified atom stereocenters. The lowest BCUT2D eigenvalue weighted by Crippen LogP contribution is -2.06. The van der Waals surface area contributed by atoms with E-state index in [0.717, 1.165) is 12.1 Å². The molecule has 92 valence electrons. The molecule has 1 aromatic carbocycles. The zero-order valence-corrected chi connectivity index (χ0v) is 9.48. The summed E-state index contributed by atoms with van der Waals surface area (Å²) in [6.07, 6.45) is -4.37. The highest BCUT2D eigenvalue weighted by Crippen LogP contribution is 2.32. The number of halogens is 3. The van der Waals surface area contributed by atoms with Gasteiger partial charge in [-0.25, -0.2) is 0 Å². The van der Waals surface area contributed by atoms with Crippen molar-refractivity contribution in [2.75, 3.05) is 20.7 Å². The van der Waals surface area contributed by atoms with Crippen molar-refractivity contribution in [3.63, 3.8) is 0 Å². The summed E-state index contributed by atoms with van der Waals surface area (Å²) in [6.45, 7) is 0.462. The Morgan fingerprint density at radius 2 is 2.06 bits per heavy atom. The van der Waals surface area contributed by atoms with Crippen LogP contribution >= 0.6 is 0 Å². The van der Waals surface area contributed by atoms with Crippen LogP contribution in [0, 0.1) is 11.8 Å². The van der Waals surface area contributed by atoms with Crippen molar-refractivity contribution in [3.8, 4) is 17.6 Å². The van der Waals surface area contributed by atoms with E-state index < -0.39 is 11.7 Å². The van der Waals surface area contributed by atoms with E-state index in [9.17, 15) is 13.2 Å². The first-order chi connectivity index (χ1) is 7.99. The number of ether oxygens (including phenoxy) is 1. The van der Waals surface area contributed by atoms with Gasteiger partial charge < -0.3 is 10.1 Å². The molecule has 0 saturated heterocycles. The van der Waals surface area contributed by atoms with Gasteiger partial charge in [-0.1, -0.05) is 11.8 Å². The summed E-state index contributed by atoms with van der Waals surface area (Å²) in [5, 5.41) is 2.82. The van der Waals surface area contributed by atoms with Gasteiger partial charge in [0.15, 0.2) is 0 Å². The van der Waals surface area contributed by atoms with Crippen molar-refractivity contribution in [1.82, 2.24) is 5.32 Å². The molecule has 0 fully saturated rings. The van der Waals surface area contributed by atoms with Crippen LogP contribution in [0.4, 0.5) is 13.2 Å². The minimum absolute atomic E-state index is 0.128. The Hall–Kier alpha value is -1.67. The van der Waals surface area contributed by atoms with Crippen LogP contribution in [0.15, 0.2) is 18.2 Å². The van der Waals surface area contributed by atoms with Gasteiger partial charge in [0.05, 0.1) is 24.8 Å². The minimum atomic E-state index is -4.37. The third kappa shape index (κ3) is 3.68. The molecule has 2 nitrogen and oxygen atoms in total. The molecule has 1 aromatic rings. The Balaban J connectivity index is 3.07. The van der Waals surface area contributed by atoms with Crippen LogP contribution in [0.2, 0.25) is 0 Å². The fourth-order valence-electron chi connectivity index (χ4n) is 1.20. The van der Waals surface area contributed by atoms with Gasteiger partial charge in [-0.2, -0.15) is 13.2 Å².